The molecule has 2 heterocycles. The van der Waals surface area contributed by atoms with Gasteiger partial charge in [-0.15, -0.1) is 0 Å². The second-order valence-electron chi connectivity index (χ2n) is 5.85. The van der Waals surface area contributed by atoms with Crippen molar-refractivity contribution >= 4 is 28.9 Å². The number of para-hydroxylation sites is 2. The number of fused-ring (bicyclic) bond motifs is 1. The largest absolute Gasteiger partial charge is 1.00 e. The van der Waals surface area contributed by atoms with Gasteiger partial charge in [0.25, 0.3) is 5.52 Å². The number of aromatic nitrogens is 1. The highest BCUT2D eigenvalue weighted by Crippen LogP contribution is 2.43. The third kappa shape index (κ3) is 3.19. The minimum absolute atomic E-state index is 0. The third-order valence-corrected chi connectivity index (χ3v) is 5.65. The Balaban J connectivity index is 0.00000169. The summed E-state index contributed by atoms with van der Waals surface area (Å²) in [7, 11) is 4.19. The Morgan fingerprint density at radius 3 is 2.58 bits per heavy atom. The Morgan fingerprint density at radius 2 is 1.83 bits per heavy atom. The van der Waals surface area contributed by atoms with E-state index in [0.29, 0.717) is 5.25 Å². The van der Waals surface area contributed by atoms with Crippen LogP contribution in [0.2, 0.25) is 0 Å². The van der Waals surface area contributed by atoms with Crippen LogP contribution >= 0.6 is 11.8 Å². The molecular formula is C19H19IN2OS. The number of hydrogen-bond donors (Lipinski definition) is 0. The summed E-state index contributed by atoms with van der Waals surface area (Å²) in [5.74, 6) is 0.884. The molecule has 1 fully saturated rings. The summed E-state index contributed by atoms with van der Waals surface area (Å²) in [5.41, 5.74) is 3.42. The molecule has 3 aromatic rings. The van der Waals surface area contributed by atoms with Gasteiger partial charge in [0.15, 0.2) is 0 Å². The van der Waals surface area contributed by atoms with Gasteiger partial charge in [0.05, 0.1) is 16.4 Å². The van der Waals surface area contributed by atoms with Gasteiger partial charge in [0.2, 0.25) is 5.58 Å². The lowest BCUT2D eigenvalue weighted by atomic mass is 10.1. The summed E-state index contributed by atoms with van der Waals surface area (Å²) in [6, 6.07) is 18.8. The first-order valence-electron chi connectivity index (χ1n) is 7.74. The molecular weight excluding hydrogens is 431 g/mol. The summed E-state index contributed by atoms with van der Waals surface area (Å²) >= 11 is 1.90. The molecule has 0 aliphatic carbocycles. The van der Waals surface area contributed by atoms with Crippen LogP contribution in [0, 0.1) is 0 Å². The van der Waals surface area contributed by atoms with Crippen molar-refractivity contribution in [3.8, 4) is 0 Å². The van der Waals surface area contributed by atoms with Crippen molar-refractivity contribution in [2.24, 2.45) is 7.05 Å². The summed E-state index contributed by atoms with van der Waals surface area (Å²) in [4.78, 5) is 2.30. The van der Waals surface area contributed by atoms with E-state index in [4.69, 9.17) is 4.42 Å². The van der Waals surface area contributed by atoms with E-state index in [0.717, 1.165) is 23.5 Å². The third-order valence-electron chi connectivity index (χ3n) is 4.27. The minimum Gasteiger partial charge on any atom is -1.00 e. The molecule has 0 radical (unpaired) electrons. The van der Waals surface area contributed by atoms with Crippen LogP contribution in [-0.4, -0.2) is 18.5 Å². The lowest BCUT2D eigenvalue weighted by Gasteiger charge is -2.10. The van der Waals surface area contributed by atoms with Crippen molar-refractivity contribution in [2.45, 2.75) is 5.25 Å². The quantitative estimate of drug-likeness (QED) is 0.429. The number of aryl methyl sites for hydroxylation is 1. The molecule has 1 unspecified atom stereocenters. The molecule has 5 heteroatoms. The number of halogens is 1. The highest BCUT2D eigenvalue weighted by atomic mass is 127. The Labute approximate surface area is 163 Å². The van der Waals surface area contributed by atoms with Crippen LogP contribution < -0.4 is 28.5 Å². The zero-order valence-electron chi connectivity index (χ0n) is 13.6. The first-order valence-corrected chi connectivity index (χ1v) is 8.62. The van der Waals surface area contributed by atoms with Crippen LogP contribution in [0.3, 0.4) is 0 Å². The van der Waals surface area contributed by atoms with Gasteiger partial charge in [-0.3, -0.25) is 0 Å². The van der Waals surface area contributed by atoms with Gasteiger partial charge in [-0.1, -0.05) is 54.2 Å². The van der Waals surface area contributed by atoms with E-state index in [1.54, 1.807) is 0 Å². The van der Waals surface area contributed by atoms with Gasteiger partial charge < -0.3 is 33.3 Å². The lowest BCUT2D eigenvalue weighted by Crippen LogP contribution is -3.00. The van der Waals surface area contributed by atoms with Gasteiger partial charge in [-0.2, -0.15) is 4.57 Å². The molecule has 1 aliphatic heterocycles. The number of nitrogens with zero attached hydrogens (tertiary/aromatic N) is 2. The van der Waals surface area contributed by atoms with Gasteiger partial charge in [-0.05, 0) is 11.6 Å². The van der Waals surface area contributed by atoms with E-state index in [1.807, 2.05) is 37.0 Å². The van der Waals surface area contributed by atoms with Crippen LogP contribution in [0.15, 0.2) is 64.0 Å². The van der Waals surface area contributed by atoms with E-state index in [-0.39, 0.29) is 24.0 Å². The van der Waals surface area contributed by atoms with Gasteiger partial charge in [0, 0.05) is 19.7 Å². The number of oxazole rings is 1. The second-order valence-corrected chi connectivity index (χ2v) is 7.07. The lowest BCUT2D eigenvalue weighted by molar-refractivity contribution is -0.652. The van der Waals surface area contributed by atoms with Crippen LogP contribution in [0.25, 0.3) is 17.2 Å². The zero-order valence-corrected chi connectivity index (χ0v) is 16.6. The molecule has 3 nitrogen and oxygen atoms in total. The summed E-state index contributed by atoms with van der Waals surface area (Å²) in [6.07, 6.45) is 2.15. The van der Waals surface area contributed by atoms with E-state index >= 15 is 0 Å². The van der Waals surface area contributed by atoms with Crippen LogP contribution in [0.1, 0.15) is 16.7 Å². The fourth-order valence-electron chi connectivity index (χ4n) is 2.95. The number of likely N-dealkylation sites (N-methyl/N-ethyl adjacent to an activating group) is 1. The predicted molar refractivity (Wildman–Crippen MR) is 94.8 cm³/mol. The summed E-state index contributed by atoms with van der Waals surface area (Å²) < 4.78 is 8.10. The molecule has 1 saturated heterocycles. The summed E-state index contributed by atoms with van der Waals surface area (Å²) in [6.45, 7) is 1.02. The molecule has 0 saturated carbocycles. The first kappa shape index (κ1) is 17.4. The molecule has 0 N–H and O–H groups in total. The molecule has 0 amide bonds. The molecule has 2 aromatic carbocycles. The maximum absolute atomic E-state index is 6.00. The van der Waals surface area contributed by atoms with Gasteiger partial charge >= 0.3 is 5.89 Å². The maximum Gasteiger partial charge on any atom is 0.376 e. The average molecular weight is 450 g/mol. The van der Waals surface area contributed by atoms with Gasteiger partial charge in [-0.25, -0.2) is 0 Å². The summed E-state index contributed by atoms with van der Waals surface area (Å²) in [5, 5.41) is 1.72. The molecule has 1 atom stereocenters. The molecule has 24 heavy (non-hydrogen) atoms. The fourth-order valence-corrected chi connectivity index (χ4v) is 4.26. The number of thioether (sulfide) groups is 1. The SMILES string of the molecule is CN1CC(c2ccccc2)SC1=Cc1oc2ccccc2[n+]1C.[I-]. The van der Waals surface area contributed by atoms with E-state index in [1.165, 1.54) is 10.6 Å². The second kappa shape index (κ2) is 7.19. The average Bonchev–Trinajstić information content (AvgIpc) is 3.10. The van der Waals surface area contributed by atoms with Crippen molar-refractivity contribution in [1.29, 1.82) is 0 Å². The zero-order chi connectivity index (χ0) is 15.8. The van der Waals surface area contributed by atoms with E-state index in [9.17, 15) is 0 Å². The van der Waals surface area contributed by atoms with Crippen LogP contribution in [0.4, 0.5) is 0 Å². The molecule has 124 valence electrons. The van der Waals surface area contributed by atoms with E-state index in [2.05, 4.69) is 59.0 Å². The Bertz CT molecular complexity index is 875. The highest BCUT2D eigenvalue weighted by Gasteiger charge is 2.28. The number of benzene rings is 2. The maximum atomic E-state index is 6.00. The number of hydrogen-bond acceptors (Lipinski definition) is 3. The Kier molecular flexibility index (Phi) is 5.20. The van der Waals surface area contributed by atoms with Gasteiger partial charge in [0.1, 0.15) is 7.05 Å². The van der Waals surface area contributed by atoms with Crippen molar-refractivity contribution in [3.63, 3.8) is 0 Å². The standard InChI is InChI=1S/C19H19N2OS.HI/c1-20-13-17(14-8-4-3-5-9-14)23-19(20)12-18-21(2)15-10-6-7-11-16(15)22-18;/h3-12,17H,13H2,1-2H3;1H/q+1;/p-1. The van der Waals surface area contributed by atoms with Crippen molar-refractivity contribution < 1.29 is 33.0 Å². The fraction of sp³-hybridized carbons (Fsp3) is 0.211. The molecule has 0 bridgehead atoms. The number of rotatable bonds is 2. The smallest absolute Gasteiger partial charge is 0.376 e. The monoisotopic (exact) mass is 450 g/mol. The predicted octanol–water partition coefficient (Wildman–Crippen LogP) is 0.980. The minimum atomic E-state index is 0. The molecule has 4 rings (SSSR count). The van der Waals surface area contributed by atoms with Crippen molar-refractivity contribution in [1.82, 2.24) is 4.90 Å². The van der Waals surface area contributed by atoms with E-state index < -0.39 is 0 Å². The molecule has 0 spiro atoms. The topological polar surface area (TPSA) is 20.3 Å². The normalized spacial score (nSPS) is 19.0. The van der Waals surface area contributed by atoms with Crippen LogP contribution in [-0.2, 0) is 7.05 Å². The van der Waals surface area contributed by atoms with Crippen LogP contribution in [0.5, 0.6) is 0 Å². The van der Waals surface area contributed by atoms with Crippen molar-refractivity contribution in [3.05, 3.63) is 71.1 Å². The first-order chi connectivity index (χ1) is 11.2. The van der Waals surface area contributed by atoms with Crippen molar-refractivity contribution in [2.75, 3.05) is 13.6 Å². The Hall–Kier alpha value is -1.47. The molecule has 1 aromatic heterocycles. The highest BCUT2D eigenvalue weighted by molar-refractivity contribution is 8.03. The Morgan fingerprint density at radius 1 is 1.12 bits per heavy atom. The molecule has 1 aliphatic rings.